The van der Waals surface area contributed by atoms with Gasteiger partial charge in [0.1, 0.15) is 5.75 Å². The number of nitrogens with two attached hydrogens (primary N) is 1. The van der Waals surface area contributed by atoms with Crippen molar-refractivity contribution < 1.29 is 4.74 Å². The SMILES string of the molecule is COc1cccc2c1CC(N)CS2.Cl. The van der Waals surface area contributed by atoms with Gasteiger partial charge in [-0.1, -0.05) is 6.07 Å². The molecule has 0 spiro atoms. The largest absolute Gasteiger partial charge is 0.496 e. The molecule has 0 amide bonds. The first-order valence-electron chi connectivity index (χ1n) is 4.35. The summed E-state index contributed by atoms with van der Waals surface area (Å²) in [5, 5.41) is 0. The Kier molecular flexibility index (Phi) is 4.11. The average molecular weight is 232 g/mol. The first kappa shape index (κ1) is 11.7. The van der Waals surface area contributed by atoms with Gasteiger partial charge in [-0.05, 0) is 18.6 Å². The van der Waals surface area contributed by atoms with Gasteiger partial charge in [-0.25, -0.2) is 0 Å². The Morgan fingerprint density at radius 3 is 3.00 bits per heavy atom. The molecule has 0 aromatic heterocycles. The molecule has 0 saturated heterocycles. The Hall–Kier alpha value is -0.380. The highest BCUT2D eigenvalue weighted by molar-refractivity contribution is 7.99. The number of ether oxygens (including phenoxy) is 1. The van der Waals surface area contributed by atoms with Crippen molar-refractivity contribution in [2.45, 2.75) is 17.4 Å². The molecule has 2 rings (SSSR count). The van der Waals surface area contributed by atoms with E-state index >= 15 is 0 Å². The summed E-state index contributed by atoms with van der Waals surface area (Å²) in [5.74, 6) is 1.99. The smallest absolute Gasteiger partial charge is 0.123 e. The lowest BCUT2D eigenvalue weighted by Crippen LogP contribution is -2.28. The van der Waals surface area contributed by atoms with Gasteiger partial charge in [0.05, 0.1) is 7.11 Å². The van der Waals surface area contributed by atoms with E-state index in [0.717, 1.165) is 17.9 Å². The first-order chi connectivity index (χ1) is 6.31. The van der Waals surface area contributed by atoms with E-state index in [9.17, 15) is 0 Å². The highest BCUT2D eigenvalue weighted by Gasteiger charge is 2.18. The Morgan fingerprint density at radius 2 is 2.29 bits per heavy atom. The topological polar surface area (TPSA) is 35.2 Å². The van der Waals surface area contributed by atoms with Crippen LogP contribution in [-0.2, 0) is 6.42 Å². The van der Waals surface area contributed by atoms with Crippen molar-refractivity contribution in [3.8, 4) is 5.75 Å². The van der Waals surface area contributed by atoms with Crippen molar-refractivity contribution in [1.29, 1.82) is 0 Å². The highest BCUT2D eigenvalue weighted by Crippen LogP contribution is 2.34. The second-order valence-corrected chi connectivity index (χ2v) is 4.27. The molecule has 1 aromatic rings. The van der Waals surface area contributed by atoms with Crippen LogP contribution in [0.1, 0.15) is 5.56 Å². The van der Waals surface area contributed by atoms with E-state index in [1.54, 1.807) is 7.11 Å². The molecule has 78 valence electrons. The summed E-state index contributed by atoms with van der Waals surface area (Å²) in [4.78, 5) is 1.32. The maximum absolute atomic E-state index is 5.90. The molecule has 1 heterocycles. The molecule has 14 heavy (non-hydrogen) atoms. The zero-order valence-electron chi connectivity index (χ0n) is 8.03. The minimum atomic E-state index is 0. The third-order valence-electron chi connectivity index (χ3n) is 2.23. The molecule has 4 heteroatoms. The minimum absolute atomic E-state index is 0. The number of benzene rings is 1. The summed E-state index contributed by atoms with van der Waals surface area (Å²) >= 11 is 1.82. The van der Waals surface area contributed by atoms with E-state index in [1.807, 2.05) is 23.9 Å². The molecule has 0 aliphatic carbocycles. The fraction of sp³-hybridized carbons (Fsp3) is 0.400. The number of halogens is 1. The molecule has 1 aromatic carbocycles. The summed E-state index contributed by atoms with van der Waals surface area (Å²) in [6, 6.07) is 6.43. The predicted octanol–water partition coefficient (Wildman–Crippen LogP) is 2.09. The van der Waals surface area contributed by atoms with Gasteiger partial charge in [0.15, 0.2) is 0 Å². The molecular formula is C10H14ClNOS. The third-order valence-corrected chi connectivity index (χ3v) is 3.52. The van der Waals surface area contributed by atoms with Gasteiger partial charge >= 0.3 is 0 Å². The maximum atomic E-state index is 5.90. The molecule has 1 unspecified atom stereocenters. The summed E-state index contributed by atoms with van der Waals surface area (Å²) in [7, 11) is 1.71. The van der Waals surface area contributed by atoms with E-state index < -0.39 is 0 Å². The number of hydrogen-bond donors (Lipinski definition) is 1. The predicted molar refractivity (Wildman–Crippen MR) is 62.6 cm³/mol. The van der Waals surface area contributed by atoms with Gasteiger partial charge in [0, 0.05) is 22.3 Å². The highest BCUT2D eigenvalue weighted by atomic mass is 35.5. The fourth-order valence-electron chi connectivity index (χ4n) is 1.59. The van der Waals surface area contributed by atoms with Crippen molar-refractivity contribution in [1.82, 2.24) is 0 Å². The Morgan fingerprint density at radius 1 is 1.50 bits per heavy atom. The molecule has 0 fully saturated rings. The van der Waals surface area contributed by atoms with Crippen molar-refractivity contribution in [2.75, 3.05) is 12.9 Å². The quantitative estimate of drug-likeness (QED) is 0.804. The van der Waals surface area contributed by atoms with Crippen LogP contribution < -0.4 is 10.5 Å². The lowest BCUT2D eigenvalue weighted by atomic mass is 10.1. The standard InChI is InChI=1S/C10H13NOS.ClH/c1-12-9-3-2-4-10-8(9)5-7(11)6-13-10;/h2-4,7H,5-6,11H2,1H3;1H. The van der Waals surface area contributed by atoms with Crippen LogP contribution >= 0.6 is 24.2 Å². The van der Waals surface area contributed by atoms with Gasteiger partial charge in [-0.15, -0.1) is 24.2 Å². The molecule has 0 bridgehead atoms. The van der Waals surface area contributed by atoms with Crippen LogP contribution in [0.2, 0.25) is 0 Å². The van der Waals surface area contributed by atoms with Gasteiger partial charge in [-0.3, -0.25) is 0 Å². The Bertz CT molecular complexity index is 305. The molecule has 2 nitrogen and oxygen atoms in total. The minimum Gasteiger partial charge on any atom is -0.496 e. The van der Waals surface area contributed by atoms with Crippen molar-refractivity contribution >= 4 is 24.2 Å². The molecule has 1 atom stereocenters. The summed E-state index contributed by atoms with van der Waals surface area (Å²) in [6.07, 6.45) is 0.937. The Labute approximate surface area is 94.6 Å². The van der Waals surface area contributed by atoms with Crippen LogP contribution in [0.5, 0.6) is 5.75 Å². The van der Waals surface area contributed by atoms with Crippen LogP contribution in [0.15, 0.2) is 23.1 Å². The summed E-state index contributed by atoms with van der Waals surface area (Å²) in [6.45, 7) is 0. The van der Waals surface area contributed by atoms with Gasteiger partial charge in [-0.2, -0.15) is 0 Å². The van der Waals surface area contributed by atoms with Gasteiger partial charge < -0.3 is 10.5 Å². The zero-order valence-corrected chi connectivity index (χ0v) is 9.66. The number of hydrogen-bond acceptors (Lipinski definition) is 3. The van der Waals surface area contributed by atoms with Crippen LogP contribution in [-0.4, -0.2) is 18.9 Å². The fourth-order valence-corrected chi connectivity index (χ4v) is 2.64. The monoisotopic (exact) mass is 231 g/mol. The second-order valence-electron chi connectivity index (χ2n) is 3.21. The van der Waals surface area contributed by atoms with E-state index in [2.05, 4.69) is 6.07 Å². The van der Waals surface area contributed by atoms with E-state index in [4.69, 9.17) is 10.5 Å². The van der Waals surface area contributed by atoms with E-state index in [-0.39, 0.29) is 18.4 Å². The van der Waals surface area contributed by atoms with Crippen LogP contribution in [0.4, 0.5) is 0 Å². The van der Waals surface area contributed by atoms with E-state index in [1.165, 1.54) is 10.5 Å². The molecule has 2 N–H and O–H groups in total. The zero-order chi connectivity index (χ0) is 9.26. The first-order valence-corrected chi connectivity index (χ1v) is 5.34. The number of methoxy groups -OCH3 is 1. The molecule has 0 saturated carbocycles. The van der Waals surface area contributed by atoms with Crippen LogP contribution in [0, 0.1) is 0 Å². The van der Waals surface area contributed by atoms with Crippen molar-refractivity contribution in [3.05, 3.63) is 23.8 Å². The van der Waals surface area contributed by atoms with Crippen molar-refractivity contribution in [3.63, 3.8) is 0 Å². The lowest BCUT2D eigenvalue weighted by molar-refractivity contribution is 0.406. The number of thioether (sulfide) groups is 1. The molecule has 0 radical (unpaired) electrons. The third kappa shape index (κ3) is 2.16. The van der Waals surface area contributed by atoms with E-state index in [0.29, 0.717) is 0 Å². The summed E-state index contributed by atoms with van der Waals surface area (Å²) < 4.78 is 5.29. The van der Waals surface area contributed by atoms with Crippen LogP contribution in [0.25, 0.3) is 0 Å². The normalized spacial score (nSPS) is 19.4. The lowest BCUT2D eigenvalue weighted by Gasteiger charge is -2.22. The van der Waals surface area contributed by atoms with Crippen LogP contribution in [0.3, 0.4) is 0 Å². The van der Waals surface area contributed by atoms with Crippen molar-refractivity contribution in [2.24, 2.45) is 5.73 Å². The van der Waals surface area contributed by atoms with Gasteiger partial charge in [0.25, 0.3) is 0 Å². The Balaban J connectivity index is 0.000000980. The number of fused-ring (bicyclic) bond motifs is 1. The summed E-state index contributed by atoms with van der Waals surface area (Å²) in [5.41, 5.74) is 7.17. The molecule has 1 aliphatic rings. The maximum Gasteiger partial charge on any atom is 0.123 e. The molecular weight excluding hydrogens is 218 g/mol. The number of rotatable bonds is 1. The second kappa shape index (κ2) is 4.91. The van der Waals surface area contributed by atoms with Gasteiger partial charge in [0.2, 0.25) is 0 Å². The average Bonchev–Trinajstić information content (AvgIpc) is 2.17. The molecule has 1 aliphatic heterocycles.